The molecule has 0 saturated carbocycles. The molecule has 0 spiro atoms. The van der Waals surface area contributed by atoms with Crippen LogP contribution in [-0.2, 0) is 23.1 Å². The van der Waals surface area contributed by atoms with Gasteiger partial charge in [0, 0.05) is 6.54 Å². The lowest BCUT2D eigenvalue weighted by Gasteiger charge is -2.25. The number of hydrogen-bond acceptors (Lipinski definition) is 6. The van der Waals surface area contributed by atoms with E-state index < -0.39 is 25.4 Å². The lowest BCUT2D eigenvalue weighted by atomic mass is 10.6. The molecule has 0 aliphatic heterocycles. The fourth-order valence-electron chi connectivity index (χ4n) is 1.37. The minimum atomic E-state index is -3.84. The van der Waals surface area contributed by atoms with Crippen molar-refractivity contribution in [2.24, 2.45) is 0 Å². The average Bonchev–Trinajstić information content (AvgIpc) is 2.37. The van der Waals surface area contributed by atoms with Gasteiger partial charge in [-0.25, -0.2) is 9.59 Å². The Morgan fingerprint density at radius 2 is 1.60 bits per heavy atom. The molecule has 0 radical (unpaired) electrons. The third kappa shape index (κ3) is 5.90. The first kappa shape index (κ1) is 18.9. The fraction of sp³-hybridized carbons (Fsp3) is 0.818. The van der Waals surface area contributed by atoms with Gasteiger partial charge in [-0.2, -0.15) is 0 Å². The molecule has 0 aromatic rings. The van der Waals surface area contributed by atoms with E-state index in [0.29, 0.717) is 6.54 Å². The number of hydrogen-bond donors (Lipinski definition) is 2. The predicted octanol–water partition coefficient (Wildman–Crippen LogP) is 1.46. The molecule has 1 atom stereocenters. The molecule has 0 fully saturated rings. The highest BCUT2D eigenvalue weighted by atomic mass is 31.2. The van der Waals surface area contributed by atoms with Crippen LogP contribution < -0.4 is 10.6 Å². The number of ether oxygens (including phenoxy) is 1. The lowest BCUT2D eigenvalue weighted by molar-refractivity contribution is -0.143. The number of urea groups is 1. The van der Waals surface area contributed by atoms with Crippen LogP contribution in [0.1, 0.15) is 27.7 Å². The van der Waals surface area contributed by atoms with E-state index in [1.54, 1.807) is 27.7 Å². The van der Waals surface area contributed by atoms with E-state index >= 15 is 0 Å². The van der Waals surface area contributed by atoms with Crippen LogP contribution in [0.5, 0.6) is 0 Å². The molecule has 20 heavy (non-hydrogen) atoms. The number of carbonyl (C=O) groups is 2. The van der Waals surface area contributed by atoms with Crippen LogP contribution in [0.15, 0.2) is 0 Å². The van der Waals surface area contributed by atoms with Gasteiger partial charge >= 0.3 is 19.6 Å². The van der Waals surface area contributed by atoms with Crippen molar-refractivity contribution in [3.05, 3.63) is 0 Å². The summed E-state index contributed by atoms with van der Waals surface area (Å²) >= 11 is 0. The van der Waals surface area contributed by atoms with Crippen molar-refractivity contribution < 1.29 is 27.9 Å². The molecule has 9 heteroatoms. The highest BCUT2D eigenvalue weighted by molar-refractivity contribution is 7.55. The van der Waals surface area contributed by atoms with Crippen LogP contribution in [0.25, 0.3) is 0 Å². The maximum absolute atomic E-state index is 12.6. The second-order valence-corrected chi connectivity index (χ2v) is 5.65. The molecule has 118 valence electrons. The van der Waals surface area contributed by atoms with Gasteiger partial charge in [-0.1, -0.05) is 0 Å². The van der Waals surface area contributed by atoms with Crippen molar-refractivity contribution in [2.45, 2.75) is 33.5 Å². The molecule has 2 N–H and O–H groups in total. The molecule has 1 unspecified atom stereocenters. The Bertz CT molecular complexity index is 353. The third-order valence-electron chi connectivity index (χ3n) is 2.05. The van der Waals surface area contributed by atoms with Crippen LogP contribution in [0, 0.1) is 0 Å². The minimum absolute atomic E-state index is 0.0737. The van der Waals surface area contributed by atoms with Crippen LogP contribution >= 0.6 is 7.60 Å². The monoisotopic (exact) mass is 310 g/mol. The second kappa shape index (κ2) is 9.74. The summed E-state index contributed by atoms with van der Waals surface area (Å²) in [5.74, 6) is -2.35. The summed E-state index contributed by atoms with van der Waals surface area (Å²) in [4.78, 5) is 23.4. The second-order valence-electron chi connectivity index (χ2n) is 3.53. The molecule has 2 amide bonds. The summed E-state index contributed by atoms with van der Waals surface area (Å²) in [6, 6.07) is -0.648. The highest BCUT2D eigenvalue weighted by Crippen LogP contribution is 2.52. The number of esters is 1. The summed E-state index contributed by atoms with van der Waals surface area (Å²) in [5, 5.41) is 4.71. The maximum atomic E-state index is 12.6. The Morgan fingerprint density at radius 3 is 2.00 bits per heavy atom. The Kier molecular flexibility index (Phi) is 9.20. The van der Waals surface area contributed by atoms with Gasteiger partial charge in [0.1, 0.15) is 0 Å². The molecule has 0 aromatic carbocycles. The summed E-state index contributed by atoms with van der Waals surface area (Å²) in [6.07, 6.45) is 0. The lowest BCUT2D eigenvalue weighted by Crippen LogP contribution is -2.47. The van der Waals surface area contributed by atoms with Gasteiger partial charge < -0.3 is 24.4 Å². The molecule has 8 nitrogen and oxygen atoms in total. The van der Waals surface area contributed by atoms with Crippen molar-refractivity contribution in [3.63, 3.8) is 0 Å². The van der Waals surface area contributed by atoms with Gasteiger partial charge in [0.2, 0.25) is 5.78 Å². The van der Waals surface area contributed by atoms with Crippen molar-refractivity contribution >= 4 is 19.6 Å². The van der Waals surface area contributed by atoms with Crippen LogP contribution in [0.2, 0.25) is 0 Å². The summed E-state index contributed by atoms with van der Waals surface area (Å²) in [7, 11) is -3.84. The third-order valence-corrected chi connectivity index (χ3v) is 4.26. The van der Waals surface area contributed by atoms with Crippen LogP contribution in [0.4, 0.5) is 4.79 Å². The fourth-order valence-corrected chi connectivity index (χ4v) is 3.07. The Balaban J connectivity index is 5.19. The predicted molar refractivity (Wildman–Crippen MR) is 73.5 cm³/mol. The van der Waals surface area contributed by atoms with Gasteiger partial charge in [-0.15, -0.1) is 0 Å². The zero-order chi connectivity index (χ0) is 15.6. The van der Waals surface area contributed by atoms with E-state index in [1.807, 2.05) is 0 Å². The first-order valence-electron chi connectivity index (χ1n) is 6.54. The van der Waals surface area contributed by atoms with Crippen molar-refractivity contribution in [2.75, 3.05) is 26.4 Å². The number of carbonyl (C=O) groups excluding carboxylic acids is 2. The van der Waals surface area contributed by atoms with E-state index in [2.05, 4.69) is 10.6 Å². The zero-order valence-electron chi connectivity index (χ0n) is 12.3. The van der Waals surface area contributed by atoms with Gasteiger partial charge in [-0.3, -0.25) is 4.57 Å². The van der Waals surface area contributed by atoms with Crippen LogP contribution in [0.3, 0.4) is 0 Å². The van der Waals surface area contributed by atoms with E-state index in [0.717, 1.165) is 0 Å². The first-order chi connectivity index (χ1) is 9.45. The molecule has 0 aromatic heterocycles. The largest absolute Gasteiger partial charge is 0.464 e. The molecule has 0 heterocycles. The Hall–Kier alpha value is -1.11. The number of amides is 2. The zero-order valence-corrected chi connectivity index (χ0v) is 13.2. The van der Waals surface area contributed by atoms with Gasteiger partial charge in [0.05, 0.1) is 19.8 Å². The number of nitrogens with one attached hydrogen (secondary N) is 2. The summed E-state index contributed by atoms with van der Waals surface area (Å²) in [5.41, 5.74) is 0. The molecule has 0 aliphatic rings. The highest BCUT2D eigenvalue weighted by Gasteiger charge is 2.43. The van der Waals surface area contributed by atoms with Crippen LogP contribution in [-0.4, -0.2) is 44.1 Å². The van der Waals surface area contributed by atoms with E-state index in [-0.39, 0.29) is 19.8 Å². The first-order valence-corrected chi connectivity index (χ1v) is 8.16. The van der Waals surface area contributed by atoms with Gasteiger partial charge in [0.25, 0.3) is 0 Å². The molecule has 0 saturated heterocycles. The average molecular weight is 310 g/mol. The molecule has 0 rings (SSSR count). The number of rotatable bonds is 9. The smallest absolute Gasteiger partial charge is 0.364 e. The topological polar surface area (TPSA) is 103 Å². The van der Waals surface area contributed by atoms with Gasteiger partial charge in [0.15, 0.2) is 0 Å². The maximum Gasteiger partial charge on any atom is 0.364 e. The SMILES string of the molecule is CCNC(=O)NC(C(=O)OCC)P(=O)(OCC)OCC. The molecular weight excluding hydrogens is 287 g/mol. The molecular formula is C11H23N2O6P. The molecule has 0 aliphatic carbocycles. The minimum Gasteiger partial charge on any atom is -0.464 e. The Labute approximate surface area is 119 Å². The summed E-state index contributed by atoms with van der Waals surface area (Å²) < 4.78 is 27.5. The van der Waals surface area contributed by atoms with E-state index in [4.69, 9.17) is 13.8 Å². The normalized spacial score (nSPS) is 12.6. The molecule has 0 bridgehead atoms. The van der Waals surface area contributed by atoms with E-state index in [9.17, 15) is 14.2 Å². The van der Waals surface area contributed by atoms with Gasteiger partial charge in [-0.05, 0) is 27.7 Å². The van der Waals surface area contributed by atoms with Crippen molar-refractivity contribution in [1.29, 1.82) is 0 Å². The summed E-state index contributed by atoms with van der Waals surface area (Å²) in [6.45, 7) is 7.13. The van der Waals surface area contributed by atoms with Crippen molar-refractivity contribution in [3.8, 4) is 0 Å². The standard InChI is InChI=1S/C11H23N2O6P/c1-5-12-11(15)13-9(10(14)17-6-2)20(16,18-7-3)19-8-4/h9H,5-8H2,1-4H3,(H2,12,13,15). The van der Waals surface area contributed by atoms with E-state index in [1.165, 1.54) is 0 Å². The quantitative estimate of drug-likeness (QED) is 0.493. The Morgan fingerprint density at radius 1 is 1.05 bits per heavy atom. The van der Waals surface area contributed by atoms with Crippen molar-refractivity contribution in [1.82, 2.24) is 10.6 Å².